The topological polar surface area (TPSA) is 104 Å². The Morgan fingerprint density at radius 2 is 1.79 bits per heavy atom. The molecule has 0 aromatic heterocycles. The molecule has 29 heavy (non-hydrogen) atoms. The Morgan fingerprint density at radius 1 is 1.03 bits per heavy atom. The Kier molecular flexibility index (Phi) is 8.50. The van der Waals surface area contributed by atoms with E-state index < -0.39 is 6.09 Å². The van der Waals surface area contributed by atoms with Gasteiger partial charge in [0.15, 0.2) is 5.96 Å². The third kappa shape index (κ3) is 7.17. The van der Waals surface area contributed by atoms with Gasteiger partial charge in [-0.2, -0.15) is 0 Å². The number of carbonyl (C=O) groups excluding carboxylic acids is 2. The maximum absolute atomic E-state index is 11.7. The third-order valence-electron chi connectivity index (χ3n) is 4.19. The molecule has 0 unspecified atom stereocenters. The molecular formula is C21H27N5O3. The summed E-state index contributed by atoms with van der Waals surface area (Å²) in [5.74, 6) is 0.592. The monoisotopic (exact) mass is 397 g/mol. The second-order valence-electron chi connectivity index (χ2n) is 6.20. The number of methoxy groups -OCH3 is 1. The van der Waals surface area contributed by atoms with Crippen molar-refractivity contribution in [1.82, 2.24) is 16.0 Å². The summed E-state index contributed by atoms with van der Waals surface area (Å²) in [4.78, 5) is 27.1. The zero-order valence-corrected chi connectivity index (χ0v) is 16.9. The van der Waals surface area contributed by atoms with Crippen LogP contribution in [0.5, 0.6) is 0 Å². The van der Waals surface area contributed by atoms with Crippen LogP contribution in [-0.2, 0) is 17.7 Å². The quantitative estimate of drug-likeness (QED) is 0.423. The van der Waals surface area contributed by atoms with Crippen molar-refractivity contribution in [3.63, 3.8) is 0 Å². The predicted molar refractivity (Wildman–Crippen MR) is 114 cm³/mol. The van der Waals surface area contributed by atoms with Crippen LogP contribution in [0.4, 0.5) is 10.5 Å². The van der Waals surface area contributed by atoms with Crippen LogP contribution < -0.4 is 21.3 Å². The molecule has 0 atom stereocenters. The van der Waals surface area contributed by atoms with Crippen molar-refractivity contribution in [3.8, 4) is 0 Å². The van der Waals surface area contributed by atoms with Crippen molar-refractivity contribution >= 4 is 23.6 Å². The molecule has 0 aliphatic heterocycles. The highest BCUT2D eigenvalue weighted by molar-refractivity contribution is 5.94. The number of ether oxygens (including phenoxy) is 1. The van der Waals surface area contributed by atoms with E-state index in [1.165, 1.54) is 7.11 Å². The van der Waals surface area contributed by atoms with Crippen LogP contribution in [0.25, 0.3) is 0 Å². The van der Waals surface area contributed by atoms with Gasteiger partial charge in [0.1, 0.15) is 0 Å². The average Bonchev–Trinajstić information content (AvgIpc) is 2.76. The molecule has 0 fully saturated rings. The molecule has 2 aromatic carbocycles. The molecule has 0 bridgehead atoms. The maximum atomic E-state index is 11.7. The van der Waals surface area contributed by atoms with E-state index in [1.807, 2.05) is 42.5 Å². The van der Waals surface area contributed by atoms with Gasteiger partial charge in [-0.1, -0.05) is 24.3 Å². The molecule has 0 saturated carbocycles. The van der Waals surface area contributed by atoms with E-state index in [1.54, 1.807) is 20.2 Å². The minimum atomic E-state index is -0.499. The van der Waals surface area contributed by atoms with Gasteiger partial charge >= 0.3 is 6.09 Å². The van der Waals surface area contributed by atoms with Crippen LogP contribution in [0.2, 0.25) is 0 Å². The molecule has 0 heterocycles. The molecule has 0 aliphatic rings. The molecule has 2 rings (SSSR count). The second-order valence-corrected chi connectivity index (χ2v) is 6.20. The average molecular weight is 397 g/mol. The fourth-order valence-corrected chi connectivity index (χ4v) is 2.62. The number of rotatable bonds is 7. The van der Waals surface area contributed by atoms with Gasteiger partial charge in [0.05, 0.1) is 7.11 Å². The molecule has 8 heteroatoms. The van der Waals surface area contributed by atoms with Gasteiger partial charge in [0.2, 0.25) is 0 Å². The van der Waals surface area contributed by atoms with Gasteiger partial charge in [0, 0.05) is 38.4 Å². The normalized spacial score (nSPS) is 10.8. The van der Waals surface area contributed by atoms with Gasteiger partial charge in [-0.25, -0.2) is 4.79 Å². The first-order chi connectivity index (χ1) is 14.0. The standard InChI is InChI=1S/C21H27N5O3/c1-22-19(27)17-6-4-5-15(13-17)11-12-24-20(23-2)25-14-16-7-9-18(10-8-16)26-21(28)29-3/h4-10,13H,11-12,14H2,1-3H3,(H,22,27)(H,26,28)(H2,23,24,25). The molecule has 2 amide bonds. The van der Waals surface area contributed by atoms with Crippen molar-refractivity contribution in [1.29, 1.82) is 0 Å². The zero-order chi connectivity index (χ0) is 21.1. The fraction of sp³-hybridized carbons (Fsp3) is 0.286. The number of hydrogen-bond acceptors (Lipinski definition) is 4. The SMILES string of the molecule is CN=C(NCCc1cccc(C(=O)NC)c1)NCc1ccc(NC(=O)OC)cc1. The highest BCUT2D eigenvalue weighted by Gasteiger charge is 2.05. The number of benzene rings is 2. The van der Waals surface area contributed by atoms with Crippen molar-refractivity contribution in [2.75, 3.05) is 33.1 Å². The number of guanidine groups is 1. The van der Waals surface area contributed by atoms with Crippen LogP contribution in [0.3, 0.4) is 0 Å². The summed E-state index contributed by atoms with van der Waals surface area (Å²) in [6, 6.07) is 15.0. The molecule has 2 aromatic rings. The summed E-state index contributed by atoms with van der Waals surface area (Å²) < 4.78 is 4.57. The smallest absolute Gasteiger partial charge is 0.411 e. The number of nitrogens with zero attached hydrogens (tertiary/aromatic N) is 1. The lowest BCUT2D eigenvalue weighted by Gasteiger charge is -2.12. The first-order valence-electron chi connectivity index (χ1n) is 9.25. The molecular weight excluding hydrogens is 370 g/mol. The largest absolute Gasteiger partial charge is 0.453 e. The van der Waals surface area contributed by atoms with Crippen LogP contribution in [-0.4, -0.2) is 45.7 Å². The van der Waals surface area contributed by atoms with E-state index in [0.29, 0.717) is 30.3 Å². The first-order valence-corrected chi connectivity index (χ1v) is 9.25. The summed E-state index contributed by atoms with van der Waals surface area (Å²) in [5, 5.41) is 11.7. The van der Waals surface area contributed by atoms with Gasteiger partial charge < -0.3 is 20.7 Å². The molecule has 0 saturated heterocycles. The van der Waals surface area contributed by atoms with Crippen molar-refractivity contribution in [2.24, 2.45) is 4.99 Å². The number of hydrogen-bond donors (Lipinski definition) is 4. The maximum Gasteiger partial charge on any atom is 0.411 e. The van der Waals surface area contributed by atoms with Crippen LogP contribution in [0, 0.1) is 0 Å². The summed E-state index contributed by atoms with van der Waals surface area (Å²) in [6.07, 6.45) is 0.265. The first kappa shape index (κ1) is 21.7. The zero-order valence-electron chi connectivity index (χ0n) is 16.9. The highest BCUT2D eigenvalue weighted by atomic mass is 16.5. The lowest BCUT2D eigenvalue weighted by Crippen LogP contribution is -2.37. The molecule has 4 N–H and O–H groups in total. The molecule has 0 spiro atoms. The molecule has 154 valence electrons. The van der Waals surface area contributed by atoms with Crippen LogP contribution >= 0.6 is 0 Å². The summed E-state index contributed by atoms with van der Waals surface area (Å²) in [7, 11) is 4.66. The van der Waals surface area contributed by atoms with Gasteiger partial charge in [-0.15, -0.1) is 0 Å². The Labute approximate surface area is 170 Å². The summed E-state index contributed by atoms with van der Waals surface area (Å²) >= 11 is 0. The minimum absolute atomic E-state index is 0.0925. The number of aliphatic imine (C=N–C) groups is 1. The fourth-order valence-electron chi connectivity index (χ4n) is 2.62. The van der Waals surface area contributed by atoms with E-state index in [4.69, 9.17) is 0 Å². The number of carbonyl (C=O) groups is 2. The number of nitrogens with one attached hydrogen (secondary N) is 4. The van der Waals surface area contributed by atoms with E-state index in [2.05, 4.69) is 31.0 Å². The number of anilines is 1. The number of amides is 2. The second kappa shape index (κ2) is 11.3. The molecule has 0 aliphatic carbocycles. The lowest BCUT2D eigenvalue weighted by molar-refractivity contribution is 0.0963. The van der Waals surface area contributed by atoms with Crippen molar-refractivity contribution < 1.29 is 14.3 Å². The molecule has 0 radical (unpaired) electrons. The van der Waals surface area contributed by atoms with Crippen LogP contribution in [0.1, 0.15) is 21.5 Å². The predicted octanol–water partition coefficient (Wildman–Crippen LogP) is 2.13. The van der Waals surface area contributed by atoms with E-state index in [-0.39, 0.29) is 5.91 Å². The van der Waals surface area contributed by atoms with Crippen molar-refractivity contribution in [3.05, 3.63) is 65.2 Å². The summed E-state index contributed by atoms with van der Waals surface area (Å²) in [5.41, 5.74) is 3.43. The van der Waals surface area contributed by atoms with Gasteiger partial charge in [-0.3, -0.25) is 15.1 Å². The Morgan fingerprint density at radius 3 is 2.45 bits per heavy atom. The Hall–Kier alpha value is -3.55. The Balaban J connectivity index is 1.79. The summed E-state index contributed by atoms with van der Waals surface area (Å²) in [6.45, 7) is 1.27. The van der Waals surface area contributed by atoms with Crippen molar-refractivity contribution in [2.45, 2.75) is 13.0 Å². The van der Waals surface area contributed by atoms with E-state index >= 15 is 0 Å². The van der Waals surface area contributed by atoms with Crippen LogP contribution in [0.15, 0.2) is 53.5 Å². The highest BCUT2D eigenvalue weighted by Crippen LogP contribution is 2.10. The minimum Gasteiger partial charge on any atom is -0.453 e. The Bertz CT molecular complexity index is 850. The van der Waals surface area contributed by atoms with E-state index in [0.717, 1.165) is 17.5 Å². The van der Waals surface area contributed by atoms with Gasteiger partial charge in [-0.05, 0) is 41.8 Å². The van der Waals surface area contributed by atoms with Gasteiger partial charge in [0.25, 0.3) is 5.91 Å². The van der Waals surface area contributed by atoms with E-state index in [9.17, 15) is 9.59 Å². The molecule has 8 nitrogen and oxygen atoms in total. The lowest BCUT2D eigenvalue weighted by atomic mass is 10.1. The third-order valence-corrected chi connectivity index (χ3v) is 4.19.